The van der Waals surface area contributed by atoms with E-state index in [9.17, 15) is 4.39 Å². The van der Waals surface area contributed by atoms with Crippen LogP contribution in [0, 0.1) is 12.7 Å². The van der Waals surface area contributed by atoms with Crippen LogP contribution in [0.1, 0.15) is 5.56 Å². The van der Waals surface area contributed by atoms with Gasteiger partial charge in [0.15, 0.2) is 5.13 Å². The van der Waals surface area contributed by atoms with Crippen molar-refractivity contribution in [1.82, 2.24) is 4.98 Å². The van der Waals surface area contributed by atoms with Crippen molar-refractivity contribution in [2.75, 3.05) is 5.32 Å². The third-order valence-corrected chi connectivity index (χ3v) is 4.77. The third-order valence-electron chi connectivity index (χ3n) is 2.78. The number of nitrogens with zero attached hydrogens (tertiary/aromatic N) is 1. The summed E-state index contributed by atoms with van der Waals surface area (Å²) in [6.45, 7) is 2.03. The van der Waals surface area contributed by atoms with Gasteiger partial charge in [-0.2, -0.15) is 0 Å². The predicted molar refractivity (Wildman–Crippen MR) is 81.7 cm³/mol. The Morgan fingerprint density at radius 3 is 2.95 bits per heavy atom. The number of halogens is 2. The van der Waals surface area contributed by atoms with E-state index < -0.39 is 0 Å². The Balaban J connectivity index is 1.99. The lowest BCUT2D eigenvalue weighted by atomic mass is 10.2. The van der Waals surface area contributed by atoms with Crippen LogP contribution < -0.4 is 5.32 Å². The molecule has 0 radical (unpaired) electrons. The lowest BCUT2D eigenvalue weighted by Gasteiger charge is -2.07. The molecule has 0 atom stereocenters. The van der Waals surface area contributed by atoms with Crippen LogP contribution in [-0.4, -0.2) is 4.98 Å². The molecule has 0 aliphatic rings. The van der Waals surface area contributed by atoms with Crippen LogP contribution in [0.15, 0.2) is 40.9 Å². The number of aryl methyl sites for hydroxylation is 1. The van der Waals surface area contributed by atoms with Crippen LogP contribution >= 0.6 is 27.3 Å². The predicted octanol–water partition coefficient (Wildman–Crippen LogP) is 5.25. The number of hydrogen-bond acceptors (Lipinski definition) is 3. The highest BCUT2D eigenvalue weighted by atomic mass is 79.9. The molecule has 3 aromatic rings. The molecule has 1 aromatic heterocycles. The first-order chi connectivity index (χ1) is 9.13. The lowest BCUT2D eigenvalue weighted by Crippen LogP contribution is -1.91. The Bertz CT molecular complexity index is 754. The molecule has 0 unspecified atom stereocenters. The highest BCUT2D eigenvalue weighted by molar-refractivity contribution is 9.10. The maximum absolute atomic E-state index is 13.1. The molecular weight excluding hydrogens is 327 g/mol. The summed E-state index contributed by atoms with van der Waals surface area (Å²) in [7, 11) is 0. The number of hydrogen-bond donors (Lipinski definition) is 1. The van der Waals surface area contributed by atoms with E-state index in [1.54, 1.807) is 6.07 Å². The molecule has 0 amide bonds. The molecule has 2 aromatic carbocycles. The van der Waals surface area contributed by atoms with Gasteiger partial charge in [-0.1, -0.05) is 23.5 Å². The summed E-state index contributed by atoms with van der Waals surface area (Å²) in [5.41, 5.74) is 2.91. The molecule has 0 saturated heterocycles. The molecule has 0 saturated carbocycles. The average Bonchev–Trinajstić information content (AvgIpc) is 2.76. The van der Waals surface area contributed by atoms with Crippen LogP contribution in [0.2, 0.25) is 0 Å². The molecule has 1 heterocycles. The number of fused-ring (bicyclic) bond motifs is 1. The van der Waals surface area contributed by atoms with E-state index in [1.807, 2.05) is 25.1 Å². The quantitative estimate of drug-likeness (QED) is 0.691. The van der Waals surface area contributed by atoms with E-state index in [2.05, 4.69) is 26.2 Å². The molecule has 2 nitrogen and oxygen atoms in total. The van der Waals surface area contributed by atoms with Crippen LogP contribution in [0.3, 0.4) is 0 Å². The van der Waals surface area contributed by atoms with Gasteiger partial charge in [0.2, 0.25) is 0 Å². The van der Waals surface area contributed by atoms with Gasteiger partial charge in [-0.3, -0.25) is 0 Å². The van der Waals surface area contributed by atoms with Crippen molar-refractivity contribution >= 4 is 48.3 Å². The highest BCUT2D eigenvalue weighted by Gasteiger charge is 2.07. The first kappa shape index (κ1) is 12.6. The summed E-state index contributed by atoms with van der Waals surface area (Å²) in [6, 6.07) is 10.6. The summed E-state index contributed by atoms with van der Waals surface area (Å²) in [6.07, 6.45) is 0. The van der Waals surface area contributed by atoms with E-state index in [0.717, 1.165) is 31.1 Å². The minimum absolute atomic E-state index is 0.237. The summed E-state index contributed by atoms with van der Waals surface area (Å²) in [4.78, 5) is 4.44. The smallest absolute Gasteiger partial charge is 0.188 e. The van der Waals surface area contributed by atoms with Crippen molar-refractivity contribution in [1.29, 1.82) is 0 Å². The molecule has 19 heavy (non-hydrogen) atoms. The zero-order chi connectivity index (χ0) is 13.4. The normalized spacial score (nSPS) is 10.9. The van der Waals surface area contributed by atoms with Crippen LogP contribution in [0.5, 0.6) is 0 Å². The van der Waals surface area contributed by atoms with Crippen molar-refractivity contribution in [3.63, 3.8) is 0 Å². The van der Waals surface area contributed by atoms with Gasteiger partial charge in [-0.05, 0) is 52.7 Å². The number of benzene rings is 2. The second kappa shape index (κ2) is 4.90. The number of rotatable bonds is 2. The highest BCUT2D eigenvalue weighted by Crippen LogP contribution is 2.32. The zero-order valence-electron chi connectivity index (χ0n) is 10.1. The zero-order valence-corrected chi connectivity index (χ0v) is 12.5. The fraction of sp³-hybridized carbons (Fsp3) is 0.0714. The second-order valence-electron chi connectivity index (χ2n) is 4.19. The molecule has 0 aliphatic heterocycles. The minimum Gasteiger partial charge on any atom is -0.331 e. The molecule has 0 fully saturated rings. The number of anilines is 2. The van der Waals surface area contributed by atoms with E-state index in [-0.39, 0.29) is 5.82 Å². The van der Waals surface area contributed by atoms with Crippen LogP contribution in [-0.2, 0) is 0 Å². The van der Waals surface area contributed by atoms with Crippen molar-refractivity contribution in [2.45, 2.75) is 6.92 Å². The van der Waals surface area contributed by atoms with Crippen LogP contribution in [0.4, 0.5) is 15.2 Å². The van der Waals surface area contributed by atoms with E-state index in [4.69, 9.17) is 0 Å². The molecule has 3 rings (SSSR count). The number of nitrogens with one attached hydrogen (secondary N) is 1. The minimum atomic E-state index is -0.237. The van der Waals surface area contributed by atoms with Crippen LogP contribution in [0.25, 0.3) is 10.2 Å². The fourth-order valence-corrected chi connectivity index (χ4v) is 3.08. The number of thiazole rings is 1. The summed E-state index contributed by atoms with van der Waals surface area (Å²) in [5.74, 6) is -0.237. The van der Waals surface area contributed by atoms with Gasteiger partial charge in [0.25, 0.3) is 0 Å². The van der Waals surface area contributed by atoms with Crippen molar-refractivity contribution in [2.24, 2.45) is 0 Å². The second-order valence-corrected chi connectivity index (χ2v) is 6.02. The first-order valence-corrected chi connectivity index (χ1v) is 7.32. The van der Waals surface area contributed by atoms with Gasteiger partial charge in [0.05, 0.1) is 15.9 Å². The van der Waals surface area contributed by atoms with Gasteiger partial charge in [-0.15, -0.1) is 0 Å². The molecule has 96 valence electrons. The maximum Gasteiger partial charge on any atom is 0.188 e. The summed E-state index contributed by atoms with van der Waals surface area (Å²) < 4.78 is 15.0. The Hall–Kier alpha value is -1.46. The lowest BCUT2D eigenvalue weighted by molar-refractivity contribution is 0.630. The van der Waals surface area contributed by atoms with Gasteiger partial charge >= 0.3 is 0 Å². The summed E-state index contributed by atoms with van der Waals surface area (Å²) in [5, 5.41) is 4.02. The first-order valence-electron chi connectivity index (χ1n) is 5.72. The Kier molecular flexibility index (Phi) is 3.24. The molecule has 5 heteroatoms. The molecular formula is C14H10BrFN2S. The van der Waals surface area contributed by atoms with Gasteiger partial charge < -0.3 is 5.32 Å². The number of aromatic nitrogens is 1. The maximum atomic E-state index is 13.1. The van der Waals surface area contributed by atoms with Gasteiger partial charge in [-0.25, -0.2) is 9.37 Å². The van der Waals surface area contributed by atoms with E-state index >= 15 is 0 Å². The van der Waals surface area contributed by atoms with E-state index in [0.29, 0.717) is 0 Å². The fourth-order valence-electron chi connectivity index (χ4n) is 1.81. The SMILES string of the molecule is Cc1cccc(Nc2nc3ccc(F)cc3s2)c1Br. The van der Waals surface area contributed by atoms with E-state index in [1.165, 1.54) is 23.5 Å². The van der Waals surface area contributed by atoms with Crippen molar-refractivity contribution in [3.05, 3.63) is 52.3 Å². The molecule has 1 N–H and O–H groups in total. The largest absolute Gasteiger partial charge is 0.331 e. The van der Waals surface area contributed by atoms with Gasteiger partial charge in [0.1, 0.15) is 5.82 Å². The monoisotopic (exact) mass is 336 g/mol. The van der Waals surface area contributed by atoms with Crippen molar-refractivity contribution in [3.8, 4) is 0 Å². The van der Waals surface area contributed by atoms with Gasteiger partial charge in [0, 0.05) is 4.47 Å². The average molecular weight is 337 g/mol. The molecule has 0 aliphatic carbocycles. The Labute approximate surface area is 122 Å². The standard InChI is InChI=1S/C14H10BrFN2S/c1-8-3-2-4-11(13(8)15)18-14-17-10-6-5-9(16)7-12(10)19-14/h2-7H,1H3,(H,17,18). The molecule has 0 bridgehead atoms. The Morgan fingerprint density at radius 2 is 2.11 bits per heavy atom. The third kappa shape index (κ3) is 2.48. The Morgan fingerprint density at radius 1 is 1.26 bits per heavy atom. The summed E-state index contributed by atoms with van der Waals surface area (Å²) >= 11 is 4.99. The molecule has 0 spiro atoms. The topological polar surface area (TPSA) is 24.9 Å². The van der Waals surface area contributed by atoms with Crippen molar-refractivity contribution < 1.29 is 4.39 Å².